The molecule has 1 saturated heterocycles. The molecule has 2 N–H and O–H groups in total. The SMILES string of the molecule is COC1(NC(=O)Cn2cnnn2)C(=O)N2C(C(=O)O)=C(CSc3nnnn3C)CS[C@H]21. The number of nitrogens with one attached hydrogen (secondary N) is 1. The monoisotopic (exact) mass is 468 g/mol. The van der Waals surface area contributed by atoms with Gasteiger partial charge in [-0.1, -0.05) is 11.8 Å². The smallest absolute Gasteiger partial charge is 0.352 e. The lowest BCUT2D eigenvalue weighted by molar-refractivity contribution is -0.192. The summed E-state index contributed by atoms with van der Waals surface area (Å²) in [5, 5.41) is 33.7. The number of aryl methyl sites for hydroxylation is 1. The fourth-order valence-electron chi connectivity index (χ4n) is 3.20. The van der Waals surface area contributed by atoms with E-state index in [2.05, 4.69) is 36.4 Å². The zero-order valence-corrected chi connectivity index (χ0v) is 17.8. The van der Waals surface area contributed by atoms with E-state index in [0.29, 0.717) is 16.5 Å². The molecule has 4 heterocycles. The summed E-state index contributed by atoms with van der Waals surface area (Å²) in [6, 6.07) is 0. The number of carbonyl (C=O) groups is 3. The van der Waals surface area contributed by atoms with Crippen molar-refractivity contribution in [2.45, 2.75) is 22.8 Å². The van der Waals surface area contributed by atoms with Gasteiger partial charge in [0.25, 0.3) is 11.6 Å². The second-order valence-electron chi connectivity index (χ2n) is 6.46. The summed E-state index contributed by atoms with van der Waals surface area (Å²) in [5.74, 6) is -1.86. The molecule has 1 fully saturated rings. The Morgan fingerprint density at radius 3 is 2.84 bits per heavy atom. The number of amides is 2. The number of rotatable bonds is 8. The van der Waals surface area contributed by atoms with Gasteiger partial charge in [0, 0.05) is 25.7 Å². The number of tetrazole rings is 2. The Kier molecular flexibility index (Phi) is 5.63. The van der Waals surface area contributed by atoms with Crippen LogP contribution < -0.4 is 5.32 Å². The quantitative estimate of drug-likeness (QED) is 0.240. The Bertz CT molecular complexity index is 1060. The highest BCUT2D eigenvalue weighted by Crippen LogP contribution is 2.47. The van der Waals surface area contributed by atoms with Gasteiger partial charge in [-0.15, -0.1) is 22.0 Å². The van der Waals surface area contributed by atoms with Crippen LogP contribution in [-0.4, -0.2) is 97.9 Å². The molecule has 2 aromatic heterocycles. The Labute approximate surface area is 182 Å². The van der Waals surface area contributed by atoms with Crippen molar-refractivity contribution in [1.82, 2.24) is 50.6 Å². The van der Waals surface area contributed by atoms with E-state index in [0.717, 1.165) is 4.90 Å². The number of ether oxygens (including phenoxy) is 1. The van der Waals surface area contributed by atoms with Crippen molar-refractivity contribution in [3.8, 4) is 0 Å². The van der Waals surface area contributed by atoms with Crippen LogP contribution in [0.2, 0.25) is 0 Å². The third-order valence-electron chi connectivity index (χ3n) is 4.61. The van der Waals surface area contributed by atoms with Gasteiger partial charge < -0.3 is 15.2 Å². The van der Waals surface area contributed by atoms with Crippen molar-refractivity contribution < 1.29 is 24.2 Å². The van der Waals surface area contributed by atoms with Gasteiger partial charge in [-0.3, -0.25) is 14.5 Å². The molecule has 0 spiro atoms. The van der Waals surface area contributed by atoms with Crippen molar-refractivity contribution in [3.63, 3.8) is 0 Å². The molecule has 15 nitrogen and oxygen atoms in total. The van der Waals surface area contributed by atoms with Crippen LogP contribution in [0.15, 0.2) is 22.8 Å². The molecule has 17 heteroatoms. The maximum Gasteiger partial charge on any atom is 0.352 e. The van der Waals surface area contributed by atoms with Gasteiger partial charge in [-0.25, -0.2) is 14.2 Å². The molecule has 0 saturated carbocycles. The highest BCUT2D eigenvalue weighted by atomic mass is 32.2. The highest BCUT2D eigenvalue weighted by Gasteiger charge is 2.66. The fraction of sp³-hybridized carbons (Fsp3) is 0.500. The minimum Gasteiger partial charge on any atom is -0.477 e. The Morgan fingerprint density at radius 1 is 1.42 bits per heavy atom. The molecule has 2 aliphatic rings. The van der Waals surface area contributed by atoms with Crippen LogP contribution in [0.4, 0.5) is 0 Å². The van der Waals surface area contributed by atoms with Gasteiger partial charge >= 0.3 is 5.97 Å². The lowest BCUT2D eigenvalue weighted by Crippen LogP contribution is -2.80. The van der Waals surface area contributed by atoms with Crippen molar-refractivity contribution >= 4 is 41.3 Å². The summed E-state index contributed by atoms with van der Waals surface area (Å²) in [7, 11) is 2.95. The summed E-state index contributed by atoms with van der Waals surface area (Å²) >= 11 is 2.55. The molecule has 4 rings (SSSR count). The number of aromatic nitrogens is 8. The van der Waals surface area contributed by atoms with Gasteiger partial charge in [0.05, 0.1) is 0 Å². The second kappa shape index (κ2) is 8.23. The third-order valence-corrected chi connectivity index (χ3v) is 7.08. The summed E-state index contributed by atoms with van der Waals surface area (Å²) < 4.78 is 8.04. The van der Waals surface area contributed by atoms with Crippen LogP contribution in [-0.2, 0) is 32.7 Å². The third kappa shape index (κ3) is 3.63. The normalized spacial score (nSPS) is 22.8. The van der Waals surface area contributed by atoms with E-state index in [9.17, 15) is 19.5 Å². The first kappa shape index (κ1) is 21.2. The van der Waals surface area contributed by atoms with E-state index in [-0.39, 0.29) is 18.0 Å². The van der Waals surface area contributed by atoms with Gasteiger partial charge in [-0.2, -0.15) is 0 Å². The predicted molar refractivity (Wildman–Crippen MR) is 103 cm³/mol. The summed E-state index contributed by atoms with van der Waals surface area (Å²) in [5.41, 5.74) is -1.26. The summed E-state index contributed by atoms with van der Waals surface area (Å²) in [4.78, 5) is 38.6. The first-order valence-electron chi connectivity index (χ1n) is 8.70. The first-order valence-corrected chi connectivity index (χ1v) is 10.7. The van der Waals surface area contributed by atoms with Crippen LogP contribution in [0.1, 0.15) is 0 Å². The van der Waals surface area contributed by atoms with Crippen molar-refractivity contribution in [2.24, 2.45) is 7.05 Å². The van der Waals surface area contributed by atoms with Gasteiger partial charge in [0.2, 0.25) is 11.1 Å². The number of aliphatic carboxylic acids is 1. The van der Waals surface area contributed by atoms with E-state index in [1.165, 1.54) is 46.3 Å². The molecule has 0 radical (unpaired) electrons. The highest BCUT2D eigenvalue weighted by molar-refractivity contribution is 8.01. The number of carboxylic acids is 1. The molecule has 2 aliphatic heterocycles. The minimum atomic E-state index is -1.68. The number of β-lactam (4-membered cyclic amide) rings is 1. The Hall–Kier alpha value is -3.05. The van der Waals surface area contributed by atoms with Gasteiger partial charge in [0.1, 0.15) is 23.9 Å². The maximum atomic E-state index is 13.0. The molecule has 2 aromatic rings. The van der Waals surface area contributed by atoms with Crippen LogP contribution >= 0.6 is 23.5 Å². The van der Waals surface area contributed by atoms with Gasteiger partial charge in [-0.05, 0) is 26.4 Å². The fourth-order valence-corrected chi connectivity index (χ4v) is 5.62. The molecule has 2 amide bonds. The molecule has 2 atom stereocenters. The molecular formula is C14H16N10O5S2. The topological polar surface area (TPSA) is 183 Å². The Balaban J connectivity index is 1.53. The summed E-state index contributed by atoms with van der Waals surface area (Å²) in [6.45, 7) is -0.224. The first-order chi connectivity index (χ1) is 14.9. The minimum absolute atomic E-state index is 0.126. The lowest BCUT2D eigenvalue weighted by atomic mass is 9.98. The van der Waals surface area contributed by atoms with E-state index >= 15 is 0 Å². The van der Waals surface area contributed by atoms with E-state index in [4.69, 9.17) is 4.74 Å². The number of carbonyl (C=O) groups excluding carboxylic acids is 2. The number of nitrogens with zero attached hydrogens (tertiary/aromatic N) is 9. The molecular weight excluding hydrogens is 452 g/mol. The standard InChI is InChI=1S/C14H16N10O5S2/c1-22-13(17-19-20-22)31-5-7-4-30-12-14(29-2,11(28)24(12)9(7)10(26)27)16-8(25)3-23-6-15-18-21-23/h6,12H,3-5H2,1-2H3,(H,16,25)(H,26,27)/t12-,14?/m0/s1. The van der Waals surface area contributed by atoms with E-state index < -0.39 is 28.9 Å². The van der Waals surface area contributed by atoms with E-state index in [1.807, 2.05) is 0 Å². The number of methoxy groups -OCH3 is 1. The van der Waals surface area contributed by atoms with Crippen molar-refractivity contribution in [2.75, 3.05) is 18.6 Å². The van der Waals surface area contributed by atoms with E-state index in [1.54, 1.807) is 7.05 Å². The molecule has 0 bridgehead atoms. The van der Waals surface area contributed by atoms with Crippen LogP contribution in [0.3, 0.4) is 0 Å². The predicted octanol–water partition coefficient (Wildman–Crippen LogP) is -2.30. The molecule has 1 unspecified atom stereocenters. The van der Waals surface area contributed by atoms with Crippen LogP contribution in [0.25, 0.3) is 0 Å². The summed E-state index contributed by atoms with van der Waals surface area (Å²) in [6.07, 6.45) is 1.26. The second-order valence-corrected chi connectivity index (χ2v) is 8.48. The van der Waals surface area contributed by atoms with Crippen molar-refractivity contribution in [3.05, 3.63) is 17.6 Å². The van der Waals surface area contributed by atoms with Gasteiger partial charge in [0.15, 0.2) is 0 Å². The number of hydrogen-bond donors (Lipinski definition) is 2. The molecule has 0 aromatic carbocycles. The number of hydrogen-bond acceptors (Lipinski definition) is 12. The largest absolute Gasteiger partial charge is 0.477 e. The van der Waals surface area contributed by atoms with Crippen molar-refractivity contribution in [1.29, 1.82) is 0 Å². The van der Waals surface area contributed by atoms with Crippen LogP contribution in [0, 0.1) is 0 Å². The average molecular weight is 468 g/mol. The lowest BCUT2D eigenvalue weighted by Gasteiger charge is -2.55. The molecule has 164 valence electrons. The Morgan fingerprint density at radius 2 is 2.23 bits per heavy atom. The van der Waals surface area contributed by atoms with Crippen LogP contribution in [0.5, 0.6) is 0 Å². The maximum absolute atomic E-state index is 13.0. The molecule has 0 aliphatic carbocycles. The number of carboxylic acid groups (broad SMARTS) is 1. The average Bonchev–Trinajstić information content (AvgIpc) is 3.40. The molecule has 31 heavy (non-hydrogen) atoms. The number of fused-ring (bicyclic) bond motifs is 1. The number of thioether (sulfide) groups is 2. The zero-order chi connectivity index (χ0) is 22.2. The zero-order valence-electron chi connectivity index (χ0n) is 16.2.